The molecule has 3 aromatic heterocycles. The van der Waals surface area contributed by atoms with Crippen molar-refractivity contribution in [2.24, 2.45) is 5.73 Å². The van der Waals surface area contributed by atoms with Crippen LogP contribution in [0.4, 0.5) is 18.0 Å². The average molecular weight is 531 g/mol. The van der Waals surface area contributed by atoms with E-state index in [1.54, 1.807) is 39.2 Å². The quantitative estimate of drug-likeness (QED) is 0.371. The Balaban J connectivity index is 1.77. The van der Waals surface area contributed by atoms with E-state index < -0.39 is 24.0 Å². The molecule has 14 heteroatoms. The van der Waals surface area contributed by atoms with Gasteiger partial charge in [0.05, 0.1) is 29.5 Å². The maximum atomic E-state index is 12.6. The highest BCUT2D eigenvalue weighted by Crippen LogP contribution is 2.32. The Morgan fingerprint density at radius 1 is 1.11 bits per heavy atom. The molecule has 0 aliphatic heterocycles. The van der Waals surface area contributed by atoms with Crippen LogP contribution in [0, 0.1) is 0 Å². The van der Waals surface area contributed by atoms with Crippen LogP contribution in [0.1, 0.15) is 26.5 Å². The standard InChI is InChI=1S/C24H24F3N7O4/c1-23(2,3)38-22(36)30-11-18-20-17(14-10-31-33(12-14)13-19(28)35)8-9-29-21(20)34(32-18)15-4-6-16(7-5-15)37-24(25,26)27/h4-10,12H,11,13H2,1-3H3,(H2,28,35)(H,30,36). The summed E-state index contributed by atoms with van der Waals surface area (Å²) in [4.78, 5) is 28.0. The Hall–Kier alpha value is -4.62. The molecule has 0 radical (unpaired) electrons. The number of aromatic nitrogens is 5. The second-order valence-electron chi connectivity index (χ2n) is 9.21. The van der Waals surface area contributed by atoms with Gasteiger partial charge in [0.1, 0.15) is 17.9 Å². The van der Waals surface area contributed by atoms with Crippen LogP contribution in [0.3, 0.4) is 0 Å². The number of ether oxygens (including phenoxy) is 2. The summed E-state index contributed by atoms with van der Waals surface area (Å²) in [5.41, 5.74) is 7.01. The van der Waals surface area contributed by atoms with Crippen molar-refractivity contribution >= 4 is 23.0 Å². The second-order valence-corrected chi connectivity index (χ2v) is 9.21. The molecular formula is C24H24F3N7O4. The van der Waals surface area contributed by atoms with E-state index in [1.165, 1.54) is 27.7 Å². The van der Waals surface area contributed by atoms with E-state index in [2.05, 4.69) is 25.2 Å². The topological polar surface area (TPSA) is 139 Å². The van der Waals surface area contributed by atoms with Crippen LogP contribution in [0.25, 0.3) is 27.8 Å². The third-order valence-electron chi connectivity index (χ3n) is 5.02. The number of nitrogens with one attached hydrogen (secondary N) is 1. The number of fused-ring (bicyclic) bond motifs is 1. The first-order valence-corrected chi connectivity index (χ1v) is 11.3. The normalized spacial score (nSPS) is 11.9. The molecule has 0 aliphatic carbocycles. The van der Waals surface area contributed by atoms with Crippen molar-refractivity contribution in [3.05, 3.63) is 54.6 Å². The monoisotopic (exact) mass is 531 g/mol. The minimum Gasteiger partial charge on any atom is -0.444 e. The molecule has 4 rings (SSSR count). The van der Waals surface area contributed by atoms with Crippen LogP contribution in [0.2, 0.25) is 0 Å². The fraction of sp³-hybridized carbons (Fsp3) is 0.292. The SMILES string of the molecule is CC(C)(C)OC(=O)NCc1nn(-c2ccc(OC(F)(F)F)cc2)c2nccc(-c3cnn(CC(N)=O)c3)c12. The molecule has 4 aromatic rings. The number of carbonyl (C=O) groups is 2. The lowest BCUT2D eigenvalue weighted by molar-refractivity contribution is -0.274. The van der Waals surface area contributed by atoms with Gasteiger partial charge < -0.3 is 20.5 Å². The van der Waals surface area contributed by atoms with Crippen molar-refractivity contribution in [1.29, 1.82) is 0 Å². The Kier molecular flexibility index (Phi) is 6.98. The predicted octanol–water partition coefficient (Wildman–Crippen LogP) is 3.69. The van der Waals surface area contributed by atoms with Gasteiger partial charge in [-0.15, -0.1) is 13.2 Å². The highest BCUT2D eigenvalue weighted by molar-refractivity contribution is 5.95. The highest BCUT2D eigenvalue weighted by atomic mass is 19.4. The summed E-state index contributed by atoms with van der Waals surface area (Å²) in [6.07, 6.45) is -0.772. The number of rotatable bonds is 7. The molecule has 3 N–H and O–H groups in total. The van der Waals surface area contributed by atoms with Gasteiger partial charge in [-0.05, 0) is 56.7 Å². The molecule has 3 heterocycles. The van der Waals surface area contributed by atoms with Gasteiger partial charge in [-0.1, -0.05) is 0 Å². The zero-order chi connectivity index (χ0) is 27.7. The third kappa shape index (κ3) is 6.38. The number of benzene rings is 1. The van der Waals surface area contributed by atoms with Gasteiger partial charge in [0.25, 0.3) is 0 Å². The van der Waals surface area contributed by atoms with Crippen LogP contribution >= 0.6 is 0 Å². The lowest BCUT2D eigenvalue weighted by Gasteiger charge is -2.19. The molecular weight excluding hydrogens is 507 g/mol. The van der Waals surface area contributed by atoms with Crippen molar-refractivity contribution in [2.45, 2.75) is 45.8 Å². The second kappa shape index (κ2) is 10.0. The molecule has 0 saturated carbocycles. The van der Waals surface area contributed by atoms with E-state index in [-0.39, 0.29) is 18.8 Å². The van der Waals surface area contributed by atoms with Gasteiger partial charge >= 0.3 is 12.5 Å². The van der Waals surface area contributed by atoms with E-state index in [0.717, 1.165) is 12.1 Å². The number of amides is 2. The molecule has 200 valence electrons. The number of carbonyl (C=O) groups excluding carboxylic acids is 2. The number of pyridine rings is 1. The van der Waals surface area contributed by atoms with Crippen LogP contribution in [-0.4, -0.2) is 48.5 Å². The minimum atomic E-state index is -4.82. The van der Waals surface area contributed by atoms with Crippen LogP contribution < -0.4 is 15.8 Å². The lowest BCUT2D eigenvalue weighted by atomic mass is 10.1. The molecule has 0 saturated heterocycles. The molecule has 2 amide bonds. The zero-order valence-corrected chi connectivity index (χ0v) is 20.6. The number of nitrogens with zero attached hydrogens (tertiary/aromatic N) is 5. The molecule has 11 nitrogen and oxygen atoms in total. The Bertz CT molecular complexity index is 1470. The number of primary amides is 1. The van der Waals surface area contributed by atoms with E-state index >= 15 is 0 Å². The smallest absolute Gasteiger partial charge is 0.444 e. The van der Waals surface area contributed by atoms with Crippen LogP contribution in [0.5, 0.6) is 5.75 Å². The number of alkyl carbamates (subject to hydrolysis) is 1. The van der Waals surface area contributed by atoms with Crippen molar-refractivity contribution in [3.63, 3.8) is 0 Å². The largest absolute Gasteiger partial charge is 0.573 e. The Morgan fingerprint density at radius 2 is 1.82 bits per heavy atom. The van der Waals surface area contributed by atoms with Gasteiger partial charge in [0.15, 0.2) is 5.65 Å². The van der Waals surface area contributed by atoms with E-state index in [0.29, 0.717) is 33.5 Å². The van der Waals surface area contributed by atoms with E-state index in [1.807, 2.05) is 0 Å². The molecule has 1 aromatic carbocycles. The maximum absolute atomic E-state index is 12.6. The zero-order valence-electron chi connectivity index (χ0n) is 20.6. The van der Waals surface area contributed by atoms with E-state index in [9.17, 15) is 22.8 Å². The van der Waals surface area contributed by atoms with Crippen molar-refractivity contribution in [1.82, 2.24) is 29.9 Å². The minimum absolute atomic E-state index is 0.0399. The van der Waals surface area contributed by atoms with Gasteiger partial charge in [0, 0.05) is 18.0 Å². The van der Waals surface area contributed by atoms with E-state index in [4.69, 9.17) is 10.5 Å². The summed E-state index contributed by atoms with van der Waals surface area (Å²) in [6.45, 7) is 5.03. The number of nitrogens with two attached hydrogens (primary N) is 1. The summed E-state index contributed by atoms with van der Waals surface area (Å²) in [5, 5.41) is 12.0. The van der Waals surface area contributed by atoms with Crippen LogP contribution in [0.15, 0.2) is 48.9 Å². The molecule has 0 atom stereocenters. The third-order valence-corrected chi connectivity index (χ3v) is 5.02. The van der Waals surface area contributed by atoms with Crippen molar-refractivity contribution < 1.29 is 32.2 Å². The van der Waals surface area contributed by atoms with Gasteiger partial charge in [0.2, 0.25) is 5.91 Å². The summed E-state index contributed by atoms with van der Waals surface area (Å²) in [7, 11) is 0. The summed E-state index contributed by atoms with van der Waals surface area (Å²) < 4.78 is 49.8. The molecule has 0 aliphatic rings. The molecule has 0 unspecified atom stereocenters. The van der Waals surface area contributed by atoms with Crippen molar-refractivity contribution in [3.8, 4) is 22.6 Å². The first kappa shape index (κ1) is 26.4. The van der Waals surface area contributed by atoms with Crippen molar-refractivity contribution in [2.75, 3.05) is 0 Å². The summed E-state index contributed by atoms with van der Waals surface area (Å²) in [5.74, 6) is -0.951. The summed E-state index contributed by atoms with van der Waals surface area (Å²) in [6, 6.07) is 6.84. The molecule has 0 spiro atoms. The summed E-state index contributed by atoms with van der Waals surface area (Å²) >= 11 is 0. The predicted molar refractivity (Wildman–Crippen MR) is 129 cm³/mol. The molecule has 0 bridgehead atoms. The highest BCUT2D eigenvalue weighted by Gasteiger charge is 2.31. The van der Waals surface area contributed by atoms with Gasteiger partial charge in [-0.2, -0.15) is 10.2 Å². The van der Waals surface area contributed by atoms with Gasteiger partial charge in [-0.25, -0.2) is 14.5 Å². The maximum Gasteiger partial charge on any atom is 0.573 e. The number of hydrogen-bond acceptors (Lipinski definition) is 7. The Morgan fingerprint density at radius 3 is 2.45 bits per heavy atom. The first-order chi connectivity index (χ1) is 17.8. The Labute approximate surface area is 214 Å². The fourth-order valence-corrected chi connectivity index (χ4v) is 3.67. The average Bonchev–Trinajstić information content (AvgIpc) is 3.40. The lowest BCUT2D eigenvalue weighted by Crippen LogP contribution is -2.32. The first-order valence-electron chi connectivity index (χ1n) is 11.3. The fourth-order valence-electron chi connectivity index (χ4n) is 3.67. The molecule has 0 fully saturated rings. The van der Waals surface area contributed by atoms with Crippen LogP contribution in [-0.2, 0) is 22.6 Å². The number of halogens is 3. The number of hydrogen-bond donors (Lipinski definition) is 2. The molecule has 38 heavy (non-hydrogen) atoms. The number of alkyl halides is 3. The van der Waals surface area contributed by atoms with Gasteiger partial charge in [-0.3, -0.25) is 9.48 Å².